The first kappa shape index (κ1) is 11.9. The second kappa shape index (κ2) is 4.51. The molecule has 96 valence electrons. The van der Waals surface area contributed by atoms with Gasteiger partial charge >= 0.3 is 5.56 Å². The second-order valence-corrected chi connectivity index (χ2v) is 4.55. The van der Waals surface area contributed by atoms with Gasteiger partial charge in [-0.1, -0.05) is 24.6 Å². The van der Waals surface area contributed by atoms with E-state index in [-0.39, 0.29) is 5.56 Å². The van der Waals surface area contributed by atoms with Crippen molar-refractivity contribution in [3.8, 4) is 5.69 Å². The van der Waals surface area contributed by atoms with Crippen molar-refractivity contribution in [1.82, 2.24) is 19.2 Å². The number of fused-ring (bicyclic) bond motifs is 1. The van der Waals surface area contributed by atoms with Gasteiger partial charge in [0, 0.05) is 23.8 Å². The maximum atomic E-state index is 12.4. The standard InChI is InChI=1S/C13H11ClN4O/c1-2-11-15-16-12-13(19)17(6-7-18(11)12)10-5-3-4-9(14)8-10/h3-8H,2H2,1H3. The van der Waals surface area contributed by atoms with Crippen LogP contribution in [0.25, 0.3) is 11.3 Å². The lowest BCUT2D eigenvalue weighted by atomic mass is 10.3. The number of nitrogens with zero attached hydrogens (tertiary/aromatic N) is 4. The Hall–Kier alpha value is -2.14. The molecule has 3 aromatic rings. The highest BCUT2D eigenvalue weighted by molar-refractivity contribution is 6.30. The molecule has 1 aromatic carbocycles. The van der Waals surface area contributed by atoms with Crippen LogP contribution >= 0.6 is 11.6 Å². The predicted molar refractivity (Wildman–Crippen MR) is 73.0 cm³/mol. The summed E-state index contributed by atoms with van der Waals surface area (Å²) in [5.74, 6) is 0.769. The van der Waals surface area contributed by atoms with Crippen molar-refractivity contribution in [3.05, 3.63) is 57.9 Å². The third-order valence-electron chi connectivity index (χ3n) is 2.94. The molecule has 0 fully saturated rings. The normalized spacial score (nSPS) is 11.1. The minimum Gasteiger partial charge on any atom is -0.280 e. The zero-order chi connectivity index (χ0) is 13.4. The van der Waals surface area contributed by atoms with Crippen LogP contribution < -0.4 is 5.56 Å². The quantitative estimate of drug-likeness (QED) is 0.719. The van der Waals surface area contributed by atoms with Crippen LogP contribution in [-0.4, -0.2) is 19.2 Å². The van der Waals surface area contributed by atoms with E-state index in [1.54, 1.807) is 35.0 Å². The van der Waals surface area contributed by atoms with E-state index in [4.69, 9.17) is 11.6 Å². The highest BCUT2D eigenvalue weighted by Crippen LogP contribution is 2.13. The van der Waals surface area contributed by atoms with Crippen LogP contribution in [0.5, 0.6) is 0 Å². The number of hydrogen-bond donors (Lipinski definition) is 0. The first-order valence-electron chi connectivity index (χ1n) is 5.92. The van der Waals surface area contributed by atoms with Crippen LogP contribution in [0.15, 0.2) is 41.5 Å². The molecule has 0 amide bonds. The monoisotopic (exact) mass is 274 g/mol. The third kappa shape index (κ3) is 1.92. The zero-order valence-corrected chi connectivity index (χ0v) is 11.0. The fourth-order valence-electron chi connectivity index (χ4n) is 2.01. The fraction of sp³-hybridized carbons (Fsp3) is 0.154. The number of hydrogen-bond acceptors (Lipinski definition) is 3. The second-order valence-electron chi connectivity index (χ2n) is 4.12. The topological polar surface area (TPSA) is 52.2 Å². The van der Waals surface area contributed by atoms with Crippen LogP contribution in [0, 0.1) is 0 Å². The van der Waals surface area contributed by atoms with E-state index in [0.29, 0.717) is 16.4 Å². The number of benzene rings is 1. The number of halogens is 1. The first-order valence-corrected chi connectivity index (χ1v) is 6.29. The molecule has 0 N–H and O–H groups in total. The number of aryl methyl sites for hydroxylation is 1. The fourth-order valence-corrected chi connectivity index (χ4v) is 2.19. The SMILES string of the molecule is CCc1nnc2c(=O)n(-c3cccc(Cl)c3)ccn12. The molecule has 0 bridgehead atoms. The Morgan fingerprint density at radius 1 is 1.26 bits per heavy atom. The van der Waals surface area contributed by atoms with Crippen molar-refractivity contribution < 1.29 is 0 Å². The van der Waals surface area contributed by atoms with Crippen molar-refractivity contribution in [2.45, 2.75) is 13.3 Å². The molecule has 0 aliphatic heterocycles. The Morgan fingerprint density at radius 2 is 2.11 bits per heavy atom. The molecule has 0 spiro atoms. The largest absolute Gasteiger partial charge is 0.300 e. The number of rotatable bonds is 2. The Balaban J connectivity index is 2.27. The highest BCUT2D eigenvalue weighted by atomic mass is 35.5. The molecule has 0 saturated carbocycles. The van der Waals surface area contributed by atoms with Gasteiger partial charge in [-0.2, -0.15) is 0 Å². The van der Waals surface area contributed by atoms with Crippen molar-refractivity contribution in [2.75, 3.05) is 0 Å². The molecule has 3 rings (SSSR count). The average molecular weight is 275 g/mol. The molecular weight excluding hydrogens is 264 g/mol. The molecule has 0 aliphatic carbocycles. The van der Waals surface area contributed by atoms with Crippen LogP contribution in [0.2, 0.25) is 5.02 Å². The third-order valence-corrected chi connectivity index (χ3v) is 3.18. The van der Waals surface area contributed by atoms with E-state index in [0.717, 1.165) is 12.2 Å². The molecule has 6 heteroatoms. The minimum absolute atomic E-state index is 0.211. The maximum Gasteiger partial charge on any atom is 0.300 e. The highest BCUT2D eigenvalue weighted by Gasteiger charge is 2.10. The summed E-state index contributed by atoms with van der Waals surface area (Å²) in [6.45, 7) is 1.97. The maximum absolute atomic E-state index is 12.4. The molecule has 19 heavy (non-hydrogen) atoms. The summed E-state index contributed by atoms with van der Waals surface area (Å²) >= 11 is 5.94. The van der Waals surface area contributed by atoms with Crippen molar-refractivity contribution in [3.63, 3.8) is 0 Å². The molecule has 2 aromatic heterocycles. The van der Waals surface area contributed by atoms with Gasteiger partial charge in [0.15, 0.2) is 0 Å². The molecular formula is C13H11ClN4O. The molecule has 5 nitrogen and oxygen atoms in total. The summed E-state index contributed by atoms with van der Waals surface area (Å²) in [4.78, 5) is 12.4. The van der Waals surface area contributed by atoms with Gasteiger partial charge in [-0.05, 0) is 18.2 Å². The molecule has 2 heterocycles. The Morgan fingerprint density at radius 3 is 2.84 bits per heavy atom. The minimum atomic E-state index is -0.211. The summed E-state index contributed by atoms with van der Waals surface area (Å²) in [5.41, 5.74) is 0.817. The Labute approximate surface area is 114 Å². The average Bonchev–Trinajstić information content (AvgIpc) is 2.83. The lowest BCUT2D eigenvalue weighted by molar-refractivity contribution is 0.890. The first-order chi connectivity index (χ1) is 9.20. The van der Waals surface area contributed by atoms with Crippen LogP contribution in [0.4, 0.5) is 0 Å². The molecule has 0 radical (unpaired) electrons. The van der Waals surface area contributed by atoms with Gasteiger partial charge in [-0.15, -0.1) is 10.2 Å². The summed E-state index contributed by atoms with van der Waals surface area (Å²) < 4.78 is 3.22. The van der Waals surface area contributed by atoms with Gasteiger partial charge in [-0.3, -0.25) is 13.8 Å². The molecule has 0 atom stereocenters. The van der Waals surface area contributed by atoms with Crippen LogP contribution in [0.3, 0.4) is 0 Å². The predicted octanol–water partition coefficient (Wildman–Crippen LogP) is 2.10. The smallest absolute Gasteiger partial charge is 0.280 e. The lowest BCUT2D eigenvalue weighted by Crippen LogP contribution is -2.20. The van der Waals surface area contributed by atoms with Gasteiger partial charge in [0.05, 0.1) is 5.69 Å². The van der Waals surface area contributed by atoms with Crippen molar-refractivity contribution in [1.29, 1.82) is 0 Å². The van der Waals surface area contributed by atoms with E-state index >= 15 is 0 Å². The van der Waals surface area contributed by atoms with Gasteiger partial charge in [0.25, 0.3) is 0 Å². The van der Waals surface area contributed by atoms with E-state index in [1.807, 2.05) is 13.0 Å². The van der Waals surface area contributed by atoms with Gasteiger partial charge < -0.3 is 0 Å². The van der Waals surface area contributed by atoms with Crippen LogP contribution in [-0.2, 0) is 6.42 Å². The van der Waals surface area contributed by atoms with E-state index in [9.17, 15) is 4.79 Å². The van der Waals surface area contributed by atoms with Crippen molar-refractivity contribution in [2.24, 2.45) is 0 Å². The van der Waals surface area contributed by atoms with Gasteiger partial charge in [0.2, 0.25) is 5.65 Å². The Bertz CT molecular complexity index is 806. The molecule has 0 aliphatic rings. The molecule has 0 saturated heterocycles. The van der Waals surface area contributed by atoms with Gasteiger partial charge in [-0.25, -0.2) is 0 Å². The van der Waals surface area contributed by atoms with Crippen molar-refractivity contribution >= 4 is 17.2 Å². The Kier molecular flexibility index (Phi) is 2.83. The molecule has 0 unspecified atom stereocenters. The summed E-state index contributed by atoms with van der Waals surface area (Å²) in [6, 6.07) is 7.12. The summed E-state index contributed by atoms with van der Waals surface area (Å²) in [6.07, 6.45) is 4.21. The number of aromatic nitrogens is 4. The summed E-state index contributed by atoms with van der Waals surface area (Å²) in [5, 5.41) is 8.53. The van der Waals surface area contributed by atoms with Crippen LogP contribution in [0.1, 0.15) is 12.7 Å². The van der Waals surface area contributed by atoms with E-state index in [2.05, 4.69) is 10.2 Å². The van der Waals surface area contributed by atoms with Gasteiger partial charge in [0.1, 0.15) is 5.82 Å². The summed E-state index contributed by atoms with van der Waals surface area (Å²) in [7, 11) is 0. The lowest BCUT2D eigenvalue weighted by Gasteiger charge is -2.06. The van der Waals surface area contributed by atoms with E-state index < -0.39 is 0 Å². The zero-order valence-electron chi connectivity index (χ0n) is 10.2. The van der Waals surface area contributed by atoms with E-state index in [1.165, 1.54) is 4.57 Å².